The standard InChI is InChI=1S/C12H14.C12H16.C10H12.2C6H8O/c1-4-10(3)12-8-6-11(5-2)7-9-12;1-4-7-12-10(3)8-6-9-11(12)5-2;1-4-10-6-5-8(2)9(3)7-10;1-2-6-3-4-7-5-6;1-2-6-4-3-5-7-6/h4,6-9H,1,3,5H2,2H3;4,6-9H,5H2,1-3H3;5-7H,2-4H2,1H3;2*3-5H,2H2,1H3/b;7-4-;;;. The summed E-state index contributed by atoms with van der Waals surface area (Å²) in [6.07, 6.45) is 16.5. The average Bonchev–Trinajstić information content (AvgIpc) is 3.86. The van der Waals surface area contributed by atoms with Crippen LogP contribution in [0.3, 0.4) is 0 Å². The summed E-state index contributed by atoms with van der Waals surface area (Å²) in [5.41, 5.74) is 10.3. The molecule has 2 heterocycles. The maximum atomic E-state index is 4.98. The van der Waals surface area contributed by atoms with Gasteiger partial charge in [0.15, 0.2) is 0 Å². The predicted molar refractivity (Wildman–Crippen MR) is 213 cm³/mol. The molecule has 5 rings (SSSR count). The highest BCUT2D eigenvalue weighted by atomic mass is 16.3. The summed E-state index contributed by atoms with van der Waals surface area (Å²) in [6.45, 7) is 30.1. The van der Waals surface area contributed by atoms with Crippen LogP contribution in [0.1, 0.15) is 86.2 Å². The molecule has 0 aliphatic rings. The van der Waals surface area contributed by atoms with Crippen molar-refractivity contribution in [3.8, 4) is 0 Å². The van der Waals surface area contributed by atoms with Crippen molar-refractivity contribution >= 4 is 24.8 Å². The molecule has 0 spiro atoms. The second-order valence-electron chi connectivity index (χ2n) is 11.2. The Balaban J connectivity index is 0.000000305. The van der Waals surface area contributed by atoms with Crippen LogP contribution >= 0.6 is 0 Å². The Morgan fingerprint density at radius 1 is 0.688 bits per heavy atom. The summed E-state index contributed by atoms with van der Waals surface area (Å²) in [5.74, 6) is 1.06. The molecule has 0 unspecified atom stereocenters. The minimum atomic E-state index is 0.984. The van der Waals surface area contributed by atoms with Crippen LogP contribution in [0.4, 0.5) is 0 Å². The van der Waals surface area contributed by atoms with E-state index in [1.54, 1.807) is 24.9 Å². The molecule has 0 atom stereocenters. The molecule has 0 saturated carbocycles. The van der Waals surface area contributed by atoms with Gasteiger partial charge in [-0.05, 0) is 113 Å². The Hall–Kier alpha value is -4.82. The van der Waals surface area contributed by atoms with E-state index in [9.17, 15) is 0 Å². The number of benzene rings is 3. The third-order valence-corrected chi connectivity index (χ3v) is 7.70. The maximum absolute atomic E-state index is 4.98. The maximum Gasteiger partial charge on any atom is 0.103 e. The quantitative estimate of drug-likeness (QED) is 0.157. The predicted octanol–water partition coefficient (Wildman–Crippen LogP) is 11.8. The van der Waals surface area contributed by atoms with Gasteiger partial charge in [-0.3, -0.25) is 0 Å². The van der Waals surface area contributed by atoms with Crippen LogP contribution in [0.15, 0.2) is 132 Å². The van der Waals surface area contributed by atoms with Crippen molar-refractivity contribution in [3.05, 3.63) is 178 Å². The van der Waals surface area contributed by atoms with Gasteiger partial charge in [-0.2, -0.15) is 0 Å². The van der Waals surface area contributed by atoms with E-state index in [1.807, 2.05) is 24.3 Å². The normalized spacial score (nSPS) is 9.81. The SMILES string of the molecule is C/C=C\c1c(C)cccc1CC.C=CC(=C)c1ccc(CC)cc1.C=c1ccc(CC)cc1=C.CCc1ccco1.CCc1ccoc1. The highest BCUT2D eigenvalue weighted by Gasteiger charge is 1.98. The van der Waals surface area contributed by atoms with Crippen molar-refractivity contribution in [2.45, 2.75) is 80.6 Å². The second kappa shape index (κ2) is 24.4. The third-order valence-electron chi connectivity index (χ3n) is 7.70. The number of allylic oxidation sites excluding steroid dienone is 3. The van der Waals surface area contributed by atoms with Crippen LogP contribution < -0.4 is 10.4 Å². The summed E-state index contributed by atoms with van der Waals surface area (Å²) in [7, 11) is 0. The second-order valence-corrected chi connectivity index (χ2v) is 11.2. The van der Waals surface area contributed by atoms with E-state index in [0.29, 0.717) is 0 Å². The molecule has 0 aliphatic carbocycles. The fourth-order valence-electron chi connectivity index (χ4n) is 4.43. The first kappa shape index (κ1) is 41.2. The van der Waals surface area contributed by atoms with Gasteiger partial charge in [-0.15, -0.1) is 0 Å². The minimum absolute atomic E-state index is 0.984. The minimum Gasteiger partial charge on any atom is -0.472 e. The van der Waals surface area contributed by atoms with Gasteiger partial charge in [0, 0.05) is 6.42 Å². The fourth-order valence-corrected chi connectivity index (χ4v) is 4.43. The van der Waals surface area contributed by atoms with Gasteiger partial charge in [-0.1, -0.05) is 140 Å². The summed E-state index contributed by atoms with van der Waals surface area (Å²) in [5, 5.41) is 2.07. The highest BCUT2D eigenvalue weighted by molar-refractivity contribution is 5.71. The van der Waals surface area contributed by atoms with Gasteiger partial charge in [0.1, 0.15) is 5.76 Å². The number of hydrogen-bond donors (Lipinski definition) is 0. The van der Waals surface area contributed by atoms with Crippen molar-refractivity contribution < 1.29 is 8.83 Å². The van der Waals surface area contributed by atoms with Crippen molar-refractivity contribution in [2.24, 2.45) is 0 Å². The Bertz CT molecular complexity index is 1670. The van der Waals surface area contributed by atoms with Gasteiger partial charge in [-0.25, -0.2) is 0 Å². The zero-order valence-electron chi connectivity index (χ0n) is 30.7. The molecule has 48 heavy (non-hydrogen) atoms. The molecule has 0 amide bonds. The lowest BCUT2D eigenvalue weighted by Crippen LogP contribution is -2.20. The van der Waals surface area contributed by atoms with E-state index in [2.05, 4.69) is 142 Å². The van der Waals surface area contributed by atoms with E-state index < -0.39 is 0 Å². The van der Waals surface area contributed by atoms with E-state index in [1.165, 1.54) is 33.4 Å². The number of rotatable bonds is 8. The summed E-state index contributed by atoms with van der Waals surface area (Å²) < 4.78 is 9.79. The molecule has 0 bridgehead atoms. The van der Waals surface area contributed by atoms with Crippen molar-refractivity contribution in [3.63, 3.8) is 0 Å². The zero-order chi connectivity index (χ0) is 35.7. The monoisotopic (exact) mass is 642 g/mol. The Kier molecular flexibility index (Phi) is 20.9. The molecule has 0 fully saturated rings. The smallest absolute Gasteiger partial charge is 0.103 e. The molecule has 0 saturated heterocycles. The molecule has 0 aliphatic heterocycles. The summed E-state index contributed by atoms with van der Waals surface area (Å²) in [6, 6.07) is 27.0. The summed E-state index contributed by atoms with van der Waals surface area (Å²) in [4.78, 5) is 0. The van der Waals surface area contributed by atoms with Crippen LogP contribution in [0.5, 0.6) is 0 Å². The molecule has 2 nitrogen and oxygen atoms in total. The molecule has 3 aromatic carbocycles. The fraction of sp³-hybridized carbons (Fsp3) is 0.261. The Labute approximate surface area is 291 Å². The first-order valence-electron chi connectivity index (χ1n) is 17.1. The molecule has 2 heteroatoms. The van der Waals surface area contributed by atoms with Crippen molar-refractivity contribution in [1.29, 1.82) is 0 Å². The van der Waals surface area contributed by atoms with Crippen molar-refractivity contribution in [2.75, 3.05) is 0 Å². The van der Waals surface area contributed by atoms with Gasteiger partial charge < -0.3 is 8.83 Å². The number of hydrogen-bond acceptors (Lipinski definition) is 2. The molecule has 2 aromatic heterocycles. The van der Waals surface area contributed by atoms with E-state index in [0.717, 1.165) is 59.4 Å². The van der Waals surface area contributed by atoms with Crippen LogP contribution in [0, 0.1) is 6.92 Å². The van der Waals surface area contributed by atoms with Crippen LogP contribution in [0.25, 0.3) is 24.8 Å². The zero-order valence-corrected chi connectivity index (χ0v) is 30.7. The molecule has 0 radical (unpaired) electrons. The molecular weight excluding hydrogens is 585 g/mol. The topological polar surface area (TPSA) is 26.3 Å². The molecular formula is C46H58O2. The lowest BCUT2D eigenvalue weighted by molar-refractivity contribution is 0.516. The largest absolute Gasteiger partial charge is 0.472 e. The van der Waals surface area contributed by atoms with Crippen LogP contribution in [-0.2, 0) is 32.1 Å². The van der Waals surface area contributed by atoms with Gasteiger partial charge >= 0.3 is 0 Å². The highest BCUT2D eigenvalue weighted by Crippen LogP contribution is 2.16. The Morgan fingerprint density at radius 3 is 1.79 bits per heavy atom. The first-order chi connectivity index (χ1) is 23.2. The van der Waals surface area contributed by atoms with Crippen LogP contribution in [0.2, 0.25) is 0 Å². The number of furan rings is 2. The number of aryl methyl sites for hydroxylation is 6. The van der Waals surface area contributed by atoms with Gasteiger partial charge in [0.25, 0.3) is 0 Å². The average molecular weight is 643 g/mol. The van der Waals surface area contributed by atoms with Gasteiger partial charge in [0.2, 0.25) is 0 Å². The lowest BCUT2D eigenvalue weighted by Gasteiger charge is -2.05. The lowest BCUT2D eigenvalue weighted by atomic mass is 10.00. The molecule has 5 aromatic rings. The molecule has 254 valence electrons. The molecule has 0 N–H and O–H groups in total. The van der Waals surface area contributed by atoms with Crippen molar-refractivity contribution in [1.82, 2.24) is 0 Å². The Morgan fingerprint density at radius 2 is 1.35 bits per heavy atom. The summed E-state index contributed by atoms with van der Waals surface area (Å²) >= 11 is 0. The van der Waals surface area contributed by atoms with E-state index >= 15 is 0 Å². The third kappa shape index (κ3) is 15.6. The van der Waals surface area contributed by atoms with Gasteiger partial charge in [0.05, 0.1) is 18.8 Å². The first-order valence-corrected chi connectivity index (χ1v) is 17.1. The van der Waals surface area contributed by atoms with Crippen LogP contribution in [-0.4, -0.2) is 0 Å². The van der Waals surface area contributed by atoms with E-state index in [4.69, 9.17) is 8.83 Å². The van der Waals surface area contributed by atoms with E-state index in [-0.39, 0.29) is 0 Å².